The summed E-state index contributed by atoms with van der Waals surface area (Å²) in [6, 6.07) is 7.52. The molecule has 2 rings (SSSR count). The van der Waals surface area contributed by atoms with E-state index in [0.29, 0.717) is 12.1 Å². The van der Waals surface area contributed by atoms with E-state index in [4.69, 9.17) is 10.00 Å². The Morgan fingerprint density at radius 1 is 1.35 bits per heavy atom. The first-order valence-electron chi connectivity index (χ1n) is 7.65. The molecule has 1 aliphatic rings. The van der Waals surface area contributed by atoms with E-state index in [9.17, 15) is 9.18 Å². The first-order chi connectivity index (χ1) is 11.2. The second-order valence-electron chi connectivity index (χ2n) is 5.28. The number of carbonyl (C=O) groups excluding carboxylic acids is 1. The summed E-state index contributed by atoms with van der Waals surface area (Å²) in [4.78, 5) is 14.3. The summed E-state index contributed by atoms with van der Waals surface area (Å²) in [6.07, 6.45) is 2.28. The van der Waals surface area contributed by atoms with Gasteiger partial charge >= 0.3 is 0 Å². The van der Waals surface area contributed by atoms with Crippen LogP contribution in [-0.2, 0) is 9.53 Å². The van der Waals surface area contributed by atoms with Crippen molar-refractivity contribution in [3.05, 3.63) is 41.2 Å². The van der Waals surface area contributed by atoms with Crippen LogP contribution in [0.3, 0.4) is 0 Å². The molecule has 0 spiro atoms. The Kier molecular flexibility index (Phi) is 6.73. The number of amides is 1. The van der Waals surface area contributed by atoms with Crippen molar-refractivity contribution in [1.29, 1.82) is 5.26 Å². The lowest BCUT2D eigenvalue weighted by molar-refractivity contribution is -0.117. The van der Waals surface area contributed by atoms with Gasteiger partial charge in [0.15, 0.2) is 0 Å². The number of nitrogens with one attached hydrogen (secondary N) is 1. The zero-order valence-corrected chi connectivity index (χ0v) is 12.9. The van der Waals surface area contributed by atoms with Gasteiger partial charge in [-0.25, -0.2) is 4.39 Å². The lowest BCUT2D eigenvalue weighted by Gasteiger charge is -2.26. The van der Waals surface area contributed by atoms with E-state index < -0.39 is 5.91 Å². The average molecular weight is 317 g/mol. The van der Waals surface area contributed by atoms with Crippen LogP contribution in [0.1, 0.15) is 12.0 Å². The van der Waals surface area contributed by atoms with Gasteiger partial charge in [0.2, 0.25) is 0 Å². The summed E-state index contributed by atoms with van der Waals surface area (Å²) in [5.74, 6) is -0.757. The molecule has 1 heterocycles. The molecule has 0 saturated carbocycles. The minimum atomic E-state index is -0.404. The fourth-order valence-corrected chi connectivity index (χ4v) is 2.30. The molecule has 0 unspecified atom stereocenters. The molecular weight excluding hydrogens is 297 g/mol. The molecule has 1 aromatic carbocycles. The maximum atomic E-state index is 12.8. The van der Waals surface area contributed by atoms with E-state index in [2.05, 4.69) is 10.2 Å². The fraction of sp³-hybridized carbons (Fsp3) is 0.412. The van der Waals surface area contributed by atoms with E-state index in [-0.39, 0.29) is 11.4 Å². The van der Waals surface area contributed by atoms with Gasteiger partial charge in [0.25, 0.3) is 5.91 Å². The largest absolute Gasteiger partial charge is 0.379 e. The number of nitrogens with zero attached hydrogens (tertiary/aromatic N) is 2. The summed E-state index contributed by atoms with van der Waals surface area (Å²) in [6.45, 7) is 4.76. The van der Waals surface area contributed by atoms with Crippen LogP contribution in [0, 0.1) is 17.1 Å². The Morgan fingerprint density at radius 3 is 2.70 bits per heavy atom. The molecular formula is C17H20FN3O2. The molecule has 122 valence electrons. The van der Waals surface area contributed by atoms with Crippen molar-refractivity contribution in [2.24, 2.45) is 0 Å². The number of nitriles is 1. The Labute approximate surface area is 135 Å². The van der Waals surface area contributed by atoms with E-state index in [1.54, 1.807) is 0 Å². The molecule has 1 aromatic rings. The van der Waals surface area contributed by atoms with Crippen molar-refractivity contribution >= 4 is 12.0 Å². The molecule has 0 bridgehead atoms. The molecule has 0 aromatic heterocycles. The van der Waals surface area contributed by atoms with Crippen molar-refractivity contribution < 1.29 is 13.9 Å². The lowest BCUT2D eigenvalue weighted by Crippen LogP contribution is -2.38. The van der Waals surface area contributed by atoms with Crippen LogP contribution in [0.2, 0.25) is 0 Å². The van der Waals surface area contributed by atoms with Crippen LogP contribution in [0.15, 0.2) is 29.8 Å². The van der Waals surface area contributed by atoms with Crippen molar-refractivity contribution in [1.82, 2.24) is 10.2 Å². The van der Waals surface area contributed by atoms with Gasteiger partial charge in [-0.3, -0.25) is 9.69 Å². The predicted octanol–water partition coefficient (Wildman–Crippen LogP) is 1.57. The Balaban J connectivity index is 1.78. The number of hydrogen-bond acceptors (Lipinski definition) is 4. The number of rotatable bonds is 6. The van der Waals surface area contributed by atoms with Gasteiger partial charge in [0.05, 0.1) is 13.2 Å². The van der Waals surface area contributed by atoms with E-state index in [0.717, 1.165) is 39.3 Å². The maximum Gasteiger partial charge on any atom is 0.261 e. The number of ether oxygens (including phenoxy) is 1. The summed E-state index contributed by atoms with van der Waals surface area (Å²) < 4.78 is 18.1. The summed E-state index contributed by atoms with van der Waals surface area (Å²) in [7, 11) is 0. The molecule has 1 N–H and O–H groups in total. The number of carbonyl (C=O) groups is 1. The molecule has 0 radical (unpaired) electrons. The fourth-order valence-electron chi connectivity index (χ4n) is 2.30. The number of hydrogen-bond donors (Lipinski definition) is 1. The van der Waals surface area contributed by atoms with Crippen LogP contribution < -0.4 is 5.32 Å². The third kappa shape index (κ3) is 5.81. The minimum Gasteiger partial charge on any atom is -0.379 e. The van der Waals surface area contributed by atoms with Gasteiger partial charge in [-0.1, -0.05) is 12.1 Å². The van der Waals surface area contributed by atoms with Crippen LogP contribution in [0.25, 0.3) is 6.08 Å². The van der Waals surface area contributed by atoms with Gasteiger partial charge in [0, 0.05) is 19.6 Å². The van der Waals surface area contributed by atoms with Crippen molar-refractivity contribution in [3.63, 3.8) is 0 Å². The van der Waals surface area contributed by atoms with Crippen LogP contribution >= 0.6 is 0 Å². The summed E-state index contributed by atoms with van der Waals surface area (Å²) in [5, 5.41) is 11.8. The average Bonchev–Trinajstić information content (AvgIpc) is 2.59. The highest BCUT2D eigenvalue weighted by Gasteiger charge is 2.11. The predicted molar refractivity (Wildman–Crippen MR) is 84.9 cm³/mol. The molecule has 23 heavy (non-hydrogen) atoms. The Hall–Kier alpha value is -2.23. The van der Waals surface area contributed by atoms with Crippen molar-refractivity contribution in [3.8, 4) is 6.07 Å². The minimum absolute atomic E-state index is 0.0166. The highest BCUT2D eigenvalue weighted by atomic mass is 19.1. The smallest absolute Gasteiger partial charge is 0.261 e. The maximum absolute atomic E-state index is 12.8. The number of halogens is 1. The second-order valence-corrected chi connectivity index (χ2v) is 5.28. The van der Waals surface area contributed by atoms with Gasteiger partial charge in [-0.05, 0) is 36.7 Å². The normalized spacial score (nSPS) is 15.9. The van der Waals surface area contributed by atoms with Gasteiger partial charge in [-0.15, -0.1) is 0 Å². The highest BCUT2D eigenvalue weighted by Crippen LogP contribution is 2.08. The number of benzene rings is 1. The molecule has 1 amide bonds. The number of morpholine rings is 1. The molecule has 0 atom stereocenters. The van der Waals surface area contributed by atoms with Gasteiger partial charge < -0.3 is 10.1 Å². The molecule has 1 fully saturated rings. The molecule has 5 nitrogen and oxygen atoms in total. The highest BCUT2D eigenvalue weighted by molar-refractivity contribution is 6.01. The van der Waals surface area contributed by atoms with Crippen molar-refractivity contribution in [2.75, 3.05) is 39.4 Å². The standard InChI is InChI=1S/C17H20FN3O2/c18-16-4-2-14(3-5-16)12-15(13-19)17(22)20-6-1-7-21-8-10-23-11-9-21/h2-5,12H,1,6-11H2,(H,20,22). The third-order valence-electron chi connectivity index (χ3n) is 3.59. The lowest BCUT2D eigenvalue weighted by atomic mass is 10.1. The van der Waals surface area contributed by atoms with Gasteiger partial charge in [0.1, 0.15) is 17.5 Å². The van der Waals surface area contributed by atoms with Crippen LogP contribution in [-0.4, -0.2) is 50.2 Å². The SMILES string of the molecule is N#CC(=Cc1ccc(F)cc1)C(=O)NCCCN1CCOCC1. The topological polar surface area (TPSA) is 65.4 Å². The Bertz CT molecular complexity index is 587. The second kappa shape index (κ2) is 9.03. The van der Waals surface area contributed by atoms with Crippen LogP contribution in [0.4, 0.5) is 4.39 Å². The van der Waals surface area contributed by atoms with Crippen molar-refractivity contribution in [2.45, 2.75) is 6.42 Å². The zero-order valence-electron chi connectivity index (χ0n) is 12.9. The molecule has 1 saturated heterocycles. The third-order valence-corrected chi connectivity index (χ3v) is 3.59. The monoisotopic (exact) mass is 317 g/mol. The first kappa shape index (κ1) is 17.1. The van der Waals surface area contributed by atoms with E-state index in [1.807, 2.05) is 6.07 Å². The molecule has 0 aliphatic carbocycles. The quantitative estimate of drug-likeness (QED) is 0.491. The molecule has 6 heteroatoms. The molecule has 1 aliphatic heterocycles. The Morgan fingerprint density at radius 2 is 2.04 bits per heavy atom. The van der Waals surface area contributed by atoms with E-state index in [1.165, 1.54) is 30.3 Å². The van der Waals surface area contributed by atoms with E-state index >= 15 is 0 Å². The first-order valence-corrected chi connectivity index (χ1v) is 7.65. The summed E-state index contributed by atoms with van der Waals surface area (Å²) in [5.41, 5.74) is 0.634. The zero-order chi connectivity index (χ0) is 16.5. The van der Waals surface area contributed by atoms with Gasteiger partial charge in [-0.2, -0.15) is 5.26 Å². The summed E-state index contributed by atoms with van der Waals surface area (Å²) >= 11 is 0. The van der Waals surface area contributed by atoms with Crippen LogP contribution in [0.5, 0.6) is 0 Å².